The number of thiazole rings is 1. The highest BCUT2D eigenvalue weighted by Gasteiger charge is 2.20. The van der Waals surface area contributed by atoms with Gasteiger partial charge in [-0.15, -0.1) is 11.3 Å². The first-order chi connectivity index (χ1) is 9.88. The third-order valence-corrected chi connectivity index (χ3v) is 4.27. The molecule has 0 aliphatic carbocycles. The van der Waals surface area contributed by atoms with Crippen LogP contribution in [0.5, 0.6) is 0 Å². The van der Waals surface area contributed by atoms with E-state index in [1.54, 1.807) is 6.20 Å². The summed E-state index contributed by atoms with van der Waals surface area (Å²) in [7, 11) is 0. The molecule has 110 valence electrons. The van der Waals surface area contributed by atoms with Gasteiger partial charge in [0.25, 0.3) is 11.6 Å². The first kappa shape index (κ1) is 15.7. The van der Waals surface area contributed by atoms with Crippen LogP contribution in [0.2, 0.25) is 10.0 Å². The van der Waals surface area contributed by atoms with Crippen molar-refractivity contribution in [3.05, 3.63) is 53.9 Å². The molecule has 1 aromatic heterocycles. The van der Waals surface area contributed by atoms with E-state index < -0.39 is 16.5 Å². The lowest BCUT2D eigenvalue weighted by atomic mass is 10.2. The molecule has 0 atom stereocenters. The van der Waals surface area contributed by atoms with E-state index in [1.807, 2.05) is 6.92 Å². The number of nitrogens with one attached hydrogen (secondary N) is 1. The average molecular weight is 346 g/mol. The van der Waals surface area contributed by atoms with Gasteiger partial charge in [-0.05, 0) is 13.0 Å². The largest absolute Gasteiger partial charge is 0.347 e. The minimum atomic E-state index is -0.683. The van der Waals surface area contributed by atoms with Crippen molar-refractivity contribution >= 4 is 46.1 Å². The van der Waals surface area contributed by atoms with Crippen LogP contribution in [0.25, 0.3) is 0 Å². The molecule has 0 radical (unpaired) electrons. The predicted molar refractivity (Wildman–Crippen MR) is 81.1 cm³/mol. The zero-order valence-electron chi connectivity index (χ0n) is 10.7. The number of halogens is 2. The molecule has 0 unspecified atom stereocenters. The van der Waals surface area contributed by atoms with Crippen molar-refractivity contribution in [1.82, 2.24) is 10.3 Å². The summed E-state index contributed by atoms with van der Waals surface area (Å²) in [4.78, 5) is 27.1. The normalized spacial score (nSPS) is 10.4. The molecule has 0 spiro atoms. The molecule has 9 heteroatoms. The third kappa shape index (κ3) is 3.69. The van der Waals surface area contributed by atoms with Crippen LogP contribution in [-0.4, -0.2) is 15.8 Å². The monoisotopic (exact) mass is 345 g/mol. The Morgan fingerprint density at radius 1 is 1.48 bits per heavy atom. The molecule has 0 bridgehead atoms. The standard InChI is InChI=1S/C12H9Cl2N3O3S/c1-6-15-4-8(21-6)5-16-12(18)7-2-9(13)11(14)10(3-7)17(19)20/h2-4H,5H2,1H3,(H,16,18). The Balaban J connectivity index is 2.17. The topological polar surface area (TPSA) is 85.1 Å². The van der Waals surface area contributed by atoms with Crippen LogP contribution in [0.3, 0.4) is 0 Å². The molecule has 2 rings (SSSR count). The van der Waals surface area contributed by atoms with E-state index in [-0.39, 0.29) is 15.6 Å². The van der Waals surface area contributed by atoms with Crippen molar-refractivity contribution in [3.63, 3.8) is 0 Å². The number of rotatable bonds is 4. The molecule has 21 heavy (non-hydrogen) atoms. The fraction of sp³-hybridized carbons (Fsp3) is 0.167. The van der Waals surface area contributed by atoms with Crippen molar-refractivity contribution < 1.29 is 9.72 Å². The fourth-order valence-corrected chi connectivity index (χ4v) is 2.72. The summed E-state index contributed by atoms with van der Waals surface area (Å²) in [5, 5.41) is 14.2. The molecular formula is C12H9Cl2N3O3S. The van der Waals surface area contributed by atoms with E-state index in [9.17, 15) is 14.9 Å². The Labute approximate surface area is 133 Å². The van der Waals surface area contributed by atoms with Crippen LogP contribution in [0.4, 0.5) is 5.69 Å². The lowest BCUT2D eigenvalue weighted by Crippen LogP contribution is -2.22. The maximum absolute atomic E-state index is 12.0. The number of nitro benzene ring substituents is 1. The van der Waals surface area contributed by atoms with Crippen LogP contribution in [0.1, 0.15) is 20.2 Å². The lowest BCUT2D eigenvalue weighted by molar-refractivity contribution is -0.384. The van der Waals surface area contributed by atoms with E-state index in [0.717, 1.165) is 16.0 Å². The second-order valence-corrected chi connectivity index (χ2v) is 6.18. The third-order valence-electron chi connectivity index (χ3n) is 2.56. The Morgan fingerprint density at radius 2 is 2.19 bits per heavy atom. The SMILES string of the molecule is Cc1ncc(CNC(=O)c2cc(Cl)c(Cl)c([N+](=O)[O-])c2)s1. The molecule has 0 aliphatic rings. The van der Waals surface area contributed by atoms with Crippen LogP contribution < -0.4 is 5.32 Å². The summed E-state index contributed by atoms with van der Waals surface area (Å²) in [5.74, 6) is -0.470. The number of carbonyl (C=O) groups excluding carboxylic acids is 1. The minimum Gasteiger partial charge on any atom is -0.347 e. The minimum absolute atomic E-state index is 0.0374. The quantitative estimate of drug-likeness (QED) is 0.677. The van der Waals surface area contributed by atoms with E-state index in [2.05, 4.69) is 10.3 Å². The molecule has 0 saturated carbocycles. The Bertz CT molecular complexity index is 718. The van der Waals surface area contributed by atoms with Gasteiger partial charge in [0.1, 0.15) is 5.02 Å². The lowest BCUT2D eigenvalue weighted by Gasteiger charge is -2.05. The maximum Gasteiger partial charge on any atom is 0.290 e. The van der Waals surface area contributed by atoms with Gasteiger partial charge in [0.15, 0.2) is 0 Å². The van der Waals surface area contributed by atoms with Gasteiger partial charge in [-0.25, -0.2) is 4.98 Å². The Kier molecular flexibility index (Phi) is 4.76. The second-order valence-electron chi connectivity index (χ2n) is 4.08. The van der Waals surface area contributed by atoms with Gasteiger partial charge >= 0.3 is 0 Å². The number of aryl methyl sites for hydroxylation is 1. The average Bonchev–Trinajstić information content (AvgIpc) is 2.84. The summed E-state index contributed by atoms with van der Waals surface area (Å²) >= 11 is 13.0. The number of benzene rings is 1. The zero-order valence-corrected chi connectivity index (χ0v) is 13.1. The molecule has 0 saturated heterocycles. The summed E-state index contributed by atoms with van der Waals surface area (Å²) < 4.78 is 0. The summed E-state index contributed by atoms with van der Waals surface area (Å²) in [6, 6.07) is 2.39. The second kappa shape index (κ2) is 6.38. The molecule has 2 aromatic rings. The molecule has 1 aromatic carbocycles. The predicted octanol–water partition coefficient (Wildman–Crippen LogP) is 3.60. The van der Waals surface area contributed by atoms with E-state index >= 15 is 0 Å². The van der Waals surface area contributed by atoms with Crippen molar-refractivity contribution in [2.75, 3.05) is 0 Å². The Morgan fingerprint density at radius 3 is 2.76 bits per heavy atom. The molecular weight excluding hydrogens is 337 g/mol. The maximum atomic E-state index is 12.0. The van der Waals surface area contributed by atoms with E-state index in [0.29, 0.717) is 6.54 Å². The van der Waals surface area contributed by atoms with Gasteiger partial charge in [-0.2, -0.15) is 0 Å². The first-order valence-corrected chi connectivity index (χ1v) is 7.28. The summed E-state index contributed by atoms with van der Waals surface area (Å²) in [6.07, 6.45) is 1.66. The Hall–Kier alpha value is -1.70. The van der Waals surface area contributed by atoms with Crippen LogP contribution in [0.15, 0.2) is 18.3 Å². The first-order valence-electron chi connectivity index (χ1n) is 5.71. The molecule has 1 amide bonds. The number of aromatic nitrogens is 1. The molecule has 1 heterocycles. The number of hydrogen-bond acceptors (Lipinski definition) is 5. The van der Waals surface area contributed by atoms with E-state index in [4.69, 9.17) is 23.2 Å². The van der Waals surface area contributed by atoms with E-state index in [1.165, 1.54) is 17.4 Å². The highest BCUT2D eigenvalue weighted by Crippen LogP contribution is 2.33. The van der Waals surface area contributed by atoms with Crippen LogP contribution in [-0.2, 0) is 6.54 Å². The van der Waals surface area contributed by atoms with Crippen molar-refractivity contribution in [2.45, 2.75) is 13.5 Å². The van der Waals surface area contributed by atoms with Gasteiger partial charge in [-0.3, -0.25) is 14.9 Å². The number of hydrogen-bond donors (Lipinski definition) is 1. The summed E-state index contributed by atoms with van der Waals surface area (Å²) in [5.41, 5.74) is -0.319. The van der Waals surface area contributed by atoms with Gasteiger partial charge < -0.3 is 5.32 Å². The van der Waals surface area contributed by atoms with Crippen molar-refractivity contribution in [3.8, 4) is 0 Å². The van der Waals surface area contributed by atoms with Crippen molar-refractivity contribution in [2.24, 2.45) is 0 Å². The van der Waals surface area contributed by atoms with Crippen molar-refractivity contribution in [1.29, 1.82) is 0 Å². The highest BCUT2D eigenvalue weighted by atomic mass is 35.5. The number of nitrogens with zero attached hydrogens (tertiary/aromatic N) is 2. The zero-order chi connectivity index (χ0) is 15.6. The van der Waals surface area contributed by atoms with Crippen LogP contribution >= 0.6 is 34.5 Å². The fourth-order valence-electron chi connectivity index (χ4n) is 1.60. The summed E-state index contributed by atoms with van der Waals surface area (Å²) in [6.45, 7) is 2.15. The number of carbonyl (C=O) groups is 1. The van der Waals surface area contributed by atoms with Gasteiger partial charge in [-0.1, -0.05) is 23.2 Å². The molecule has 1 N–H and O–H groups in total. The molecule has 6 nitrogen and oxygen atoms in total. The van der Waals surface area contributed by atoms with Gasteiger partial charge in [0.2, 0.25) is 0 Å². The molecule has 0 fully saturated rings. The smallest absolute Gasteiger partial charge is 0.290 e. The highest BCUT2D eigenvalue weighted by molar-refractivity contribution is 7.11. The molecule has 0 aliphatic heterocycles. The number of amides is 1. The number of nitro groups is 1. The van der Waals surface area contributed by atoms with Crippen LogP contribution in [0, 0.1) is 17.0 Å². The van der Waals surface area contributed by atoms with Gasteiger partial charge in [0, 0.05) is 22.7 Å². The van der Waals surface area contributed by atoms with Gasteiger partial charge in [0.05, 0.1) is 21.5 Å².